The second kappa shape index (κ2) is 12.4. The number of aromatic nitrogens is 5. The zero-order valence-electron chi connectivity index (χ0n) is 27.7. The summed E-state index contributed by atoms with van der Waals surface area (Å²) in [6.45, 7) is 4.60. The minimum atomic E-state index is 0.708. The third-order valence-corrected chi connectivity index (χ3v) is 9.43. The molecule has 0 amide bonds. The highest BCUT2D eigenvalue weighted by atomic mass is 15.1. The molecule has 6 heteroatoms. The summed E-state index contributed by atoms with van der Waals surface area (Å²) in [6.07, 6.45) is 7.05. The van der Waals surface area contributed by atoms with E-state index in [-0.39, 0.29) is 0 Å². The third kappa shape index (κ3) is 5.01. The lowest BCUT2D eigenvalue weighted by Gasteiger charge is -2.16. The van der Waals surface area contributed by atoms with Crippen molar-refractivity contribution >= 4 is 54.8 Å². The Balaban J connectivity index is 1.16. The van der Waals surface area contributed by atoms with Crippen molar-refractivity contribution in [2.75, 3.05) is 0 Å². The molecule has 5 heterocycles. The highest BCUT2D eigenvalue weighted by Crippen LogP contribution is 2.37. The van der Waals surface area contributed by atoms with Gasteiger partial charge in [-0.2, -0.15) is 0 Å². The molecule has 0 aliphatic heterocycles. The summed E-state index contributed by atoms with van der Waals surface area (Å²) in [4.78, 5) is 15.4. The second-order valence-electron chi connectivity index (χ2n) is 12.3. The van der Waals surface area contributed by atoms with E-state index in [1.54, 1.807) is 12.3 Å². The monoisotopic (exact) mass is 656 g/mol. The van der Waals surface area contributed by atoms with Gasteiger partial charge in [0.2, 0.25) is 0 Å². The lowest BCUT2D eigenvalue weighted by molar-refractivity contribution is 1.07. The van der Waals surface area contributed by atoms with E-state index < -0.39 is 0 Å². The van der Waals surface area contributed by atoms with Gasteiger partial charge in [-0.15, -0.1) is 0 Å². The Hall–Kier alpha value is -7.05. The largest absolute Gasteiger partial charge is 0.405 e. The average molecular weight is 657 g/mol. The van der Waals surface area contributed by atoms with Crippen LogP contribution in [0.5, 0.6) is 0 Å². The van der Waals surface area contributed by atoms with E-state index in [1.807, 2.05) is 48.5 Å². The van der Waals surface area contributed by atoms with Crippen LogP contribution in [0.2, 0.25) is 0 Å². The molecule has 9 aromatic rings. The zero-order chi connectivity index (χ0) is 34.3. The van der Waals surface area contributed by atoms with Gasteiger partial charge in [-0.3, -0.25) is 14.1 Å². The van der Waals surface area contributed by atoms with E-state index in [9.17, 15) is 0 Å². The van der Waals surface area contributed by atoms with Crippen LogP contribution in [0, 0.1) is 0 Å². The smallest absolute Gasteiger partial charge is 0.138 e. The molecule has 4 aromatic carbocycles. The number of nitrogens with two attached hydrogens (primary N) is 1. The van der Waals surface area contributed by atoms with Crippen molar-refractivity contribution in [2.24, 2.45) is 5.73 Å². The molecule has 242 valence electrons. The lowest BCUT2D eigenvalue weighted by Crippen LogP contribution is -2.03. The number of benzene rings is 4. The summed E-state index contributed by atoms with van der Waals surface area (Å²) < 4.78 is 4.43. The molecule has 2 N–H and O–H groups in total. The standard InChI is InChI=1S/C45H32N6/c1-30(31(18-12-28-46)37-20-10-26-43(48-37)50-39-22-6-2-14-32(39)33-15-3-7-23-40(33)50)45-36(19-13-29-47-45)38-21-11-27-44(49-38)51-41-24-8-4-16-34(41)35-17-5-9-25-42(35)51/h2-29H,1,46H2/b28-12-,31-18+. The van der Waals surface area contributed by atoms with Crippen LogP contribution in [0.1, 0.15) is 11.4 Å². The molecule has 0 fully saturated rings. The predicted octanol–water partition coefficient (Wildman–Crippen LogP) is 10.3. The van der Waals surface area contributed by atoms with Gasteiger partial charge in [0.25, 0.3) is 0 Å². The fourth-order valence-electron chi connectivity index (χ4n) is 7.21. The maximum atomic E-state index is 5.88. The lowest BCUT2D eigenvalue weighted by atomic mass is 9.95. The fraction of sp³-hybridized carbons (Fsp3) is 0. The Morgan fingerprint density at radius 3 is 1.61 bits per heavy atom. The van der Waals surface area contributed by atoms with Gasteiger partial charge in [0, 0.05) is 44.5 Å². The molecular formula is C45H32N6. The molecule has 0 spiro atoms. The van der Waals surface area contributed by atoms with Gasteiger partial charge < -0.3 is 5.73 Å². The number of hydrogen-bond donors (Lipinski definition) is 1. The molecule has 0 aliphatic carbocycles. The van der Waals surface area contributed by atoms with Gasteiger partial charge in [-0.25, -0.2) is 9.97 Å². The van der Waals surface area contributed by atoms with Crippen LogP contribution in [0.3, 0.4) is 0 Å². The molecule has 5 aromatic heterocycles. The van der Waals surface area contributed by atoms with Crippen molar-refractivity contribution in [3.63, 3.8) is 0 Å². The first kappa shape index (κ1) is 30.0. The molecule has 0 atom stereocenters. The Morgan fingerprint density at radius 1 is 0.549 bits per heavy atom. The number of pyridine rings is 3. The summed E-state index contributed by atoms with van der Waals surface area (Å²) in [5.41, 5.74) is 14.9. The van der Waals surface area contributed by atoms with Gasteiger partial charge >= 0.3 is 0 Å². The van der Waals surface area contributed by atoms with E-state index in [0.717, 1.165) is 56.2 Å². The number of fused-ring (bicyclic) bond motifs is 6. The van der Waals surface area contributed by atoms with Crippen LogP contribution in [0.25, 0.3) is 77.7 Å². The highest BCUT2D eigenvalue weighted by Gasteiger charge is 2.19. The second-order valence-corrected chi connectivity index (χ2v) is 12.3. The predicted molar refractivity (Wildman–Crippen MR) is 211 cm³/mol. The van der Waals surface area contributed by atoms with Crippen molar-refractivity contribution in [3.05, 3.63) is 188 Å². The Labute approximate surface area is 294 Å². The third-order valence-electron chi connectivity index (χ3n) is 9.43. The fourth-order valence-corrected chi connectivity index (χ4v) is 7.21. The number of rotatable bonds is 7. The van der Waals surface area contributed by atoms with Gasteiger partial charge in [-0.1, -0.05) is 97.6 Å². The van der Waals surface area contributed by atoms with Crippen LogP contribution in [0.4, 0.5) is 0 Å². The van der Waals surface area contributed by atoms with Gasteiger partial charge in [0.15, 0.2) is 0 Å². The molecule has 6 nitrogen and oxygen atoms in total. The summed E-state index contributed by atoms with van der Waals surface area (Å²) >= 11 is 0. The minimum Gasteiger partial charge on any atom is -0.405 e. The van der Waals surface area contributed by atoms with Crippen LogP contribution >= 0.6 is 0 Å². The van der Waals surface area contributed by atoms with Gasteiger partial charge in [0.05, 0.1) is 39.1 Å². The molecular weight excluding hydrogens is 625 g/mol. The molecule has 0 saturated carbocycles. The molecule has 0 radical (unpaired) electrons. The Bertz CT molecular complexity index is 2740. The quantitative estimate of drug-likeness (QED) is 0.173. The van der Waals surface area contributed by atoms with Gasteiger partial charge in [0.1, 0.15) is 11.6 Å². The van der Waals surface area contributed by atoms with Crippen molar-refractivity contribution in [2.45, 2.75) is 0 Å². The number of allylic oxidation sites excluding steroid dienone is 4. The summed E-state index contributed by atoms with van der Waals surface area (Å²) in [5.74, 6) is 1.63. The average Bonchev–Trinajstić information content (AvgIpc) is 3.71. The van der Waals surface area contributed by atoms with Gasteiger partial charge in [-0.05, 0) is 72.9 Å². The number of nitrogens with zero attached hydrogens (tertiary/aromatic N) is 5. The van der Waals surface area contributed by atoms with Crippen molar-refractivity contribution in [3.8, 4) is 22.9 Å². The SMILES string of the molecule is C=C(/C(=C\C=C/N)c1cccc(-n2c3ccccc3c3ccccc32)n1)c1ncccc1-c1cccc(-n2c3ccccc3c3ccccc32)n1. The molecule has 0 aliphatic rings. The summed E-state index contributed by atoms with van der Waals surface area (Å²) in [6, 6.07) is 49.9. The molecule has 0 unspecified atom stereocenters. The number of para-hydroxylation sites is 4. The van der Waals surface area contributed by atoms with E-state index in [2.05, 4.69) is 119 Å². The topological polar surface area (TPSA) is 74.6 Å². The molecule has 0 saturated heterocycles. The van der Waals surface area contributed by atoms with Crippen LogP contribution < -0.4 is 5.73 Å². The molecule has 0 bridgehead atoms. The zero-order valence-corrected chi connectivity index (χ0v) is 27.7. The van der Waals surface area contributed by atoms with E-state index in [4.69, 9.17) is 20.7 Å². The first-order valence-electron chi connectivity index (χ1n) is 16.9. The minimum absolute atomic E-state index is 0.708. The van der Waals surface area contributed by atoms with Crippen LogP contribution in [-0.4, -0.2) is 24.1 Å². The summed E-state index contributed by atoms with van der Waals surface area (Å²) in [7, 11) is 0. The van der Waals surface area contributed by atoms with Crippen LogP contribution in [-0.2, 0) is 0 Å². The normalized spacial score (nSPS) is 12.1. The van der Waals surface area contributed by atoms with Crippen molar-refractivity contribution in [1.29, 1.82) is 0 Å². The molecule has 51 heavy (non-hydrogen) atoms. The van der Waals surface area contributed by atoms with Crippen LogP contribution in [0.15, 0.2) is 177 Å². The first-order chi connectivity index (χ1) is 25.2. The highest BCUT2D eigenvalue weighted by molar-refractivity contribution is 6.10. The first-order valence-corrected chi connectivity index (χ1v) is 16.9. The van der Waals surface area contributed by atoms with E-state index in [1.165, 1.54) is 27.7 Å². The van der Waals surface area contributed by atoms with E-state index >= 15 is 0 Å². The maximum Gasteiger partial charge on any atom is 0.138 e. The Kier molecular flexibility index (Phi) is 7.33. The number of hydrogen-bond acceptors (Lipinski definition) is 4. The molecule has 9 rings (SSSR count). The van der Waals surface area contributed by atoms with Crippen molar-refractivity contribution < 1.29 is 0 Å². The van der Waals surface area contributed by atoms with E-state index in [0.29, 0.717) is 11.3 Å². The maximum absolute atomic E-state index is 5.88. The summed E-state index contributed by atoms with van der Waals surface area (Å²) in [5, 5.41) is 4.74. The van der Waals surface area contributed by atoms with Crippen molar-refractivity contribution in [1.82, 2.24) is 24.1 Å². The Morgan fingerprint density at radius 2 is 1.06 bits per heavy atom.